The molecule has 1 amide bonds. The Labute approximate surface area is 179 Å². The highest BCUT2D eigenvalue weighted by molar-refractivity contribution is 6.35. The van der Waals surface area contributed by atoms with Gasteiger partial charge in [0.15, 0.2) is 0 Å². The van der Waals surface area contributed by atoms with Crippen LogP contribution in [-0.2, 0) is 6.42 Å². The maximum atomic E-state index is 12.8. The van der Waals surface area contributed by atoms with E-state index in [4.69, 9.17) is 28.3 Å². The maximum absolute atomic E-state index is 12.8. The van der Waals surface area contributed by atoms with Gasteiger partial charge in [-0.15, -0.1) is 0 Å². The van der Waals surface area contributed by atoms with E-state index in [1.54, 1.807) is 24.3 Å². The molecule has 5 nitrogen and oxygen atoms in total. The van der Waals surface area contributed by atoms with Gasteiger partial charge in [0.2, 0.25) is 5.82 Å². The molecule has 1 aromatic heterocycles. The quantitative estimate of drug-likeness (QED) is 0.561. The first-order valence-corrected chi connectivity index (χ1v) is 9.95. The number of aliphatic hydroxyl groups excluding tert-OH is 1. The van der Waals surface area contributed by atoms with Crippen LogP contribution in [0.3, 0.4) is 0 Å². The molecule has 0 spiro atoms. The number of hydrogen-bond acceptors (Lipinski definition) is 4. The number of anilines is 1. The molecule has 29 heavy (non-hydrogen) atoms. The van der Waals surface area contributed by atoms with E-state index in [1.165, 1.54) is 6.20 Å². The van der Waals surface area contributed by atoms with Gasteiger partial charge in [-0.1, -0.05) is 35.3 Å². The first kappa shape index (κ1) is 21.2. The minimum Gasteiger partial charge on any atom is -0.396 e. The SMILES string of the molecule is Cc1cc(CCCO)cc(C)c1NC(=O)c1nccc(-c2cc(Cl)ccc2Cl)n1. The molecular formula is C22H21Cl2N3O2. The Hall–Kier alpha value is -2.47. The zero-order valence-corrected chi connectivity index (χ0v) is 17.7. The summed E-state index contributed by atoms with van der Waals surface area (Å²) in [6.07, 6.45) is 3.02. The molecule has 3 rings (SSSR count). The van der Waals surface area contributed by atoms with Gasteiger partial charge in [0.05, 0.1) is 10.7 Å². The lowest BCUT2D eigenvalue weighted by Crippen LogP contribution is -2.17. The van der Waals surface area contributed by atoms with Crippen molar-refractivity contribution in [1.82, 2.24) is 9.97 Å². The predicted molar refractivity (Wildman–Crippen MR) is 117 cm³/mol. The first-order chi connectivity index (χ1) is 13.9. The molecule has 0 saturated heterocycles. The van der Waals surface area contributed by atoms with E-state index in [-0.39, 0.29) is 12.4 Å². The number of aryl methyl sites for hydroxylation is 3. The van der Waals surface area contributed by atoms with E-state index in [0.29, 0.717) is 27.7 Å². The maximum Gasteiger partial charge on any atom is 0.293 e. The Morgan fingerprint density at radius 1 is 1.10 bits per heavy atom. The van der Waals surface area contributed by atoms with Crippen LogP contribution in [0.2, 0.25) is 10.0 Å². The van der Waals surface area contributed by atoms with E-state index in [9.17, 15) is 4.79 Å². The molecule has 3 aromatic rings. The third kappa shape index (κ3) is 5.12. The largest absolute Gasteiger partial charge is 0.396 e. The first-order valence-electron chi connectivity index (χ1n) is 9.20. The fraction of sp³-hybridized carbons (Fsp3) is 0.227. The van der Waals surface area contributed by atoms with Crippen molar-refractivity contribution in [2.45, 2.75) is 26.7 Å². The average molecular weight is 430 g/mol. The zero-order chi connectivity index (χ0) is 21.0. The number of carbonyl (C=O) groups is 1. The van der Waals surface area contributed by atoms with Crippen LogP contribution in [0.1, 0.15) is 33.7 Å². The summed E-state index contributed by atoms with van der Waals surface area (Å²) in [6.45, 7) is 4.03. The standard InChI is InChI=1S/C22H21Cl2N3O2/c1-13-10-15(4-3-9-28)11-14(2)20(13)27-22(29)21-25-8-7-19(26-21)17-12-16(23)5-6-18(17)24/h5-8,10-12,28H,3-4,9H2,1-2H3,(H,27,29). The van der Waals surface area contributed by atoms with Gasteiger partial charge in [-0.25, -0.2) is 9.97 Å². The van der Waals surface area contributed by atoms with Gasteiger partial charge in [0.1, 0.15) is 0 Å². The lowest BCUT2D eigenvalue weighted by atomic mass is 10.0. The van der Waals surface area contributed by atoms with E-state index in [2.05, 4.69) is 15.3 Å². The Kier molecular flexibility index (Phi) is 6.85. The minimum absolute atomic E-state index is 0.0432. The summed E-state index contributed by atoms with van der Waals surface area (Å²) in [4.78, 5) is 21.3. The smallest absolute Gasteiger partial charge is 0.293 e. The number of amides is 1. The average Bonchev–Trinajstić information content (AvgIpc) is 2.71. The topological polar surface area (TPSA) is 75.1 Å². The molecule has 0 bridgehead atoms. The number of benzene rings is 2. The van der Waals surface area contributed by atoms with Crippen LogP contribution >= 0.6 is 23.2 Å². The number of aliphatic hydroxyl groups is 1. The molecule has 0 unspecified atom stereocenters. The molecule has 2 aromatic carbocycles. The van der Waals surface area contributed by atoms with Crippen LogP contribution in [0.4, 0.5) is 5.69 Å². The summed E-state index contributed by atoms with van der Waals surface area (Å²) in [5.74, 6) is -0.360. The Balaban J connectivity index is 1.86. The van der Waals surface area contributed by atoms with Crippen LogP contribution in [-0.4, -0.2) is 27.6 Å². The summed E-state index contributed by atoms with van der Waals surface area (Å²) in [5, 5.41) is 12.9. The molecule has 1 heterocycles. The number of halogens is 2. The van der Waals surface area contributed by atoms with Crippen LogP contribution < -0.4 is 5.32 Å². The third-order valence-corrected chi connectivity index (χ3v) is 5.08. The number of nitrogens with zero attached hydrogens (tertiary/aromatic N) is 2. The second-order valence-electron chi connectivity index (χ2n) is 6.78. The van der Waals surface area contributed by atoms with E-state index in [0.717, 1.165) is 28.8 Å². The molecule has 0 aliphatic carbocycles. The van der Waals surface area contributed by atoms with Crippen molar-refractivity contribution in [2.24, 2.45) is 0 Å². The summed E-state index contributed by atoms with van der Waals surface area (Å²) in [6, 6.07) is 10.8. The van der Waals surface area contributed by atoms with Crippen molar-refractivity contribution < 1.29 is 9.90 Å². The van der Waals surface area contributed by atoms with Crippen LogP contribution in [0.25, 0.3) is 11.3 Å². The highest BCUT2D eigenvalue weighted by Gasteiger charge is 2.15. The summed E-state index contributed by atoms with van der Waals surface area (Å²) in [7, 11) is 0. The second-order valence-corrected chi connectivity index (χ2v) is 7.62. The summed E-state index contributed by atoms with van der Waals surface area (Å²) in [5.41, 5.74) is 4.90. The van der Waals surface area contributed by atoms with Crippen molar-refractivity contribution in [1.29, 1.82) is 0 Å². The van der Waals surface area contributed by atoms with Gasteiger partial charge < -0.3 is 10.4 Å². The molecule has 150 valence electrons. The van der Waals surface area contributed by atoms with Gasteiger partial charge in [0, 0.05) is 29.1 Å². The van der Waals surface area contributed by atoms with Crippen molar-refractivity contribution in [3.63, 3.8) is 0 Å². The van der Waals surface area contributed by atoms with Gasteiger partial charge in [-0.3, -0.25) is 4.79 Å². The number of rotatable bonds is 6. The van der Waals surface area contributed by atoms with E-state index < -0.39 is 5.91 Å². The summed E-state index contributed by atoms with van der Waals surface area (Å²) >= 11 is 12.3. The second kappa shape index (κ2) is 9.35. The number of nitrogens with one attached hydrogen (secondary N) is 1. The highest BCUT2D eigenvalue weighted by Crippen LogP contribution is 2.29. The molecule has 0 aliphatic rings. The molecular weight excluding hydrogens is 409 g/mol. The van der Waals surface area contributed by atoms with Crippen molar-refractivity contribution in [2.75, 3.05) is 11.9 Å². The van der Waals surface area contributed by atoms with E-state index in [1.807, 2.05) is 26.0 Å². The van der Waals surface area contributed by atoms with Gasteiger partial charge in [0.25, 0.3) is 5.91 Å². The fourth-order valence-electron chi connectivity index (χ4n) is 3.16. The molecule has 0 saturated carbocycles. The van der Waals surface area contributed by atoms with Crippen LogP contribution in [0.15, 0.2) is 42.6 Å². The normalized spacial score (nSPS) is 10.8. The number of aromatic nitrogens is 2. The molecule has 7 heteroatoms. The van der Waals surface area contributed by atoms with Crippen molar-refractivity contribution in [3.8, 4) is 11.3 Å². The zero-order valence-electron chi connectivity index (χ0n) is 16.2. The molecule has 2 N–H and O–H groups in total. The molecule has 0 aliphatic heterocycles. The predicted octanol–water partition coefficient (Wildman–Crippen LogP) is 5.24. The molecule has 0 atom stereocenters. The minimum atomic E-state index is -0.403. The highest BCUT2D eigenvalue weighted by atomic mass is 35.5. The van der Waals surface area contributed by atoms with Crippen molar-refractivity contribution in [3.05, 3.63) is 75.2 Å². The number of hydrogen-bond donors (Lipinski definition) is 2. The van der Waals surface area contributed by atoms with Gasteiger partial charge in [-0.2, -0.15) is 0 Å². The Morgan fingerprint density at radius 2 is 1.83 bits per heavy atom. The Bertz CT molecular complexity index is 1030. The van der Waals surface area contributed by atoms with Gasteiger partial charge in [-0.05, 0) is 67.6 Å². The van der Waals surface area contributed by atoms with Crippen LogP contribution in [0, 0.1) is 13.8 Å². The van der Waals surface area contributed by atoms with Gasteiger partial charge >= 0.3 is 0 Å². The number of carbonyl (C=O) groups excluding carboxylic acids is 1. The third-order valence-electron chi connectivity index (χ3n) is 4.52. The monoisotopic (exact) mass is 429 g/mol. The Morgan fingerprint density at radius 3 is 2.52 bits per heavy atom. The van der Waals surface area contributed by atoms with Crippen molar-refractivity contribution >= 4 is 34.8 Å². The fourth-order valence-corrected chi connectivity index (χ4v) is 3.55. The molecule has 0 fully saturated rings. The lowest BCUT2D eigenvalue weighted by Gasteiger charge is -2.14. The van der Waals surface area contributed by atoms with E-state index >= 15 is 0 Å². The molecule has 0 radical (unpaired) electrons. The van der Waals surface area contributed by atoms with Crippen LogP contribution in [0.5, 0.6) is 0 Å². The lowest BCUT2D eigenvalue weighted by molar-refractivity contribution is 0.101. The summed E-state index contributed by atoms with van der Waals surface area (Å²) < 4.78 is 0.